The van der Waals surface area contributed by atoms with Gasteiger partial charge in [0, 0.05) is 6.04 Å². The monoisotopic (exact) mass is 275 g/mol. The predicted octanol–water partition coefficient (Wildman–Crippen LogP) is 4.19. The molecule has 0 aliphatic heterocycles. The molecule has 0 bridgehead atoms. The van der Waals surface area contributed by atoms with Gasteiger partial charge < -0.3 is 10.1 Å². The molecule has 0 aromatic heterocycles. The van der Waals surface area contributed by atoms with Gasteiger partial charge in [-0.3, -0.25) is 0 Å². The summed E-state index contributed by atoms with van der Waals surface area (Å²) >= 11 is 0. The molecule has 1 aromatic rings. The highest BCUT2D eigenvalue weighted by Crippen LogP contribution is 2.27. The maximum absolute atomic E-state index is 6.05. The summed E-state index contributed by atoms with van der Waals surface area (Å²) in [5.41, 5.74) is 1.35. The van der Waals surface area contributed by atoms with Gasteiger partial charge in [0.2, 0.25) is 0 Å². The van der Waals surface area contributed by atoms with Crippen molar-refractivity contribution >= 4 is 0 Å². The van der Waals surface area contributed by atoms with Crippen LogP contribution in [-0.4, -0.2) is 19.2 Å². The summed E-state index contributed by atoms with van der Waals surface area (Å²) in [4.78, 5) is 0. The van der Waals surface area contributed by atoms with Gasteiger partial charge in [-0.15, -0.1) is 0 Å². The molecule has 0 heterocycles. The number of aryl methyl sites for hydroxylation is 1. The van der Waals surface area contributed by atoms with Crippen LogP contribution in [0.5, 0.6) is 5.75 Å². The summed E-state index contributed by atoms with van der Waals surface area (Å²) < 4.78 is 6.05. The van der Waals surface area contributed by atoms with E-state index in [4.69, 9.17) is 4.74 Å². The van der Waals surface area contributed by atoms with E-state index in [-0.39, 0.29) is 0 Å². The molecule has 1 atom stereocenters. The highest BCUT2D eigenvalue weighted by molar-refractivity contribution is 5.28. The van der Waals surface area contributed by atoms with Crippen LogP contribution in [-0.2, 0) is 6.42 Å². The Morgan fingerprint density at radius 3 is 2.70 bits per heavy atom. The minimum Gasteiger partial charge on any atom is -0.492 e. The van der Waals surface area contributed by atoms with Crippen molar-refractivity contribution in [1.29, 1.82) is 0 Å². The molecule has 1 fully saturated rings. The molecule has 1 aromatic carbocycles. The molecule has 2 rings (SSSR count). The van der Waals surface area contributed by atoms with E-state index < -0.39 is 0 Å². The van der Waals surface area contributed by atoms with Gasteiger partial charge in [-0.1, -0.05) is 45.2 Å². The molecule has 1 unspecified atom stereocenters. The summed E-state index contributed by atoms with van der Waals surface area (Å²) in [6, 6.07) is 9.00. The Kier molecular flexibility index (Phi) is 6.38. The molecule has 1 N–H and O–H groups in total. The van der Waals surface area contributed by atoms with Crippen molar-refractivity contribution in [2.45, 2.75) is 58.4 Å². The molecule has 0 amide bonds. The molecule has 1 aliphatic carbocycles. The number of likely N-dealkylation sites (N-methyl/N-ethyl adjacent to an activating group) is 1. The number of hydrogen-bond donors (Lipinski definition) is 1. The largest absolute Gasteiger partial charge is 0.492 e. The van der Waals surface area contributed by atoms with E-state index in [1.165, 1.54) is 37.7 Å². The molecule has 20 heavy (non-hydrogen) atoms. The first-order valence-corrected chi connectivity index (χ1v) is 8.28. The molecule has 0 saturated heterocycles. The lowest BCUT2D eigenvalue weighted by Crippen LogP contribution is -2.41. The van der Waals surface area contributed by atoms with Crippen LogP contribution in [0.1, 0.15) is 51.5 Å². The Labute approximate surface area is 123 Å². The van der Waals surface area contributed by atoms with E-state index >= 15 is 0 Å². The van der Waals surface area contributed by atoms with Crippen LogP contribution in [0.4, 0.5) is 0 Å². The molecule has 1 saturated carbocycles. The molecule has 2 heteroatoms. The van der Waals surface area contributed by atoms with Crippen LogP contribution in [0.3, 0.4) is 0 Å². The SMILES string of the molecule is CCNC(COc1cccc(CC)c1)C1CCCCC1. The molecule has 2 nitrogen and oxygen atoms in total. The maximum atomic E-state index is 6.05. The summed E-state index contributed by atoms with van der Waals surface area (Å²) in [5.74, 6) is 1.81. The Morgan fingerprint density at radius 2 is 2.00 bits per heavy atom. The third-order valence-corrected chi connectivity index (χ3v) is 4.42. The molecule has 0 radical (unpaired) electrons. The van der Waals surface area contributed by atoms with Gasteiger partial charge in [0.1, 0.15) is 12.4 Å². The average Bonchev–Trinajstić information content (AvgIpc) is 2.52. The molecule has 112 valence electrons. The van der Waals surface area contributed by atoms with E-state index in [1.807, 2.05) is 0 Å². The average molecular weight is 275 g/mol. The predicted molar refractivity (Wildman–Crippen MR) is 85.4 cm³/mol. The van der Waals surface area contributed by atoms with Crippen molar-refractivity contribution < 1.29 is 4.74 Å². The molecule has 0 spiro atoms. The van der Waals surface area contributed by atoms with Crippen molar-refractivity contribution in [2.24, 2.45) is 5.92 Å². The zero-order valence-corrected chi connectivity index (χ0v) is 13.0. The maximum Gasteiger partial charge on any atom is 0.119 e. The molecular formula is C18H29NO. The zero-order chi connectivity index (χ0) is 14.2. The van der Waals surface area contributed by atoms with Gasteiger partial charge in [0.15, 0.2) is 0 Å². The second-order valence-corrected chi connectivity index (χ2v) is 5.87. The van der Waals surface area contributed by atoms with Gasteiger partial charge in [-0.2, -0.15) is 0 Å². The Balaban J connectivity index is 1.90. The highest BCUT2D eigenvalue weighted by atomic mass is 16.5. The van der Waals surface area contributed by atoms with Gasteiger partial charge in [0.05, 0.1) is 0 Å². The molecule has 1 aliphatic rings. The van der Waals surface area contributed by atoms with Crippen LogP contribution in [0.2, 0.25) is 0 Å². The number of hydrogen-bond acceptors (Lipinski definition) is 2. The van der Waals surface area contributed by atoms with Gasteiger partial charge in [-0.25, -0.2) is 0 Å². The number of nitrogens with one attached hydrogen (secondary N) is 1. The van der Waals surface area contributed by atoms with Crippen LogP contribution in [0.15, 0.2) is 24.3 Å². The third-order valence-electron chi connectivity index (χ3n) is 4.42. The van der Waals surface area contributed by atoms with E-state index in [1.54, 1.807) is 0 Å². The normalized spacial score (nSPS) is 17.9. The van der Waals surface area contributed by atoms with E-state index in [2.05, 4.69) is 43.4 Å². The second kappa shape index (κ2) is 8.31. The fourth-order valence-electron chi connectivity index (χ4n) is 3.20. The quantitative estimate of drug-likeness (QED) is 0.806. The second-order valence-electron chi connectivity index (χ2n) is 5.87. The number of ether oxygens (including phenoxy) is 1. The fourth-order valence-corrected chi connectivity index (χ4v) is 3.20. The Bertz CT molecular complexity index is 385. The number of rotatable bonds is 7. The summed E-state index contributed by atoms with van der Waals surface area (Å²) in [7, 11) is 0. The lowest BCUT2D eigenvalue weighted by atomic mass is 9.84. The standard InChI is InChI=1S/C18H29NO/c1-3-15-9-8-12-17(13-15)20-14-18(19-4-2)16-10-6-5-7-11-16/h8-9,12-13,16,18-19H,3-7,10-11,14H2,1-2H3. The summed E-state index contributed by atoms with van der Waals surface area (Å²) in [5, 5.41) is 3.63. The zero-order valence-electron chi connectivity index (χ0n) is 13.0. The Morgan fingerprint density at radius 1 is 1.20 bits per heavy atom. The number of benzene rings is 1. The summed E-state index contributed by atoms with van der Waals surface area (Å²) in [6.07, 6.45) is 7.97. The van der Waals surface area contributed by atoms with Gasteiger partial charge in [0.25, 0.3) is 0 Å². The smallest absolute Gasteiger partial charge is 0.119 e. The van der Waals surface area contributed by atoms with E-state index in [0.717, 1.165) is 31.2 Å². The minimum atomic E-state index is 0.505. The van der Waals surface area contributed by atoms with Crippen molar-refractivity contribution in [2.75, 3.05) is 13.2 Å². The van der Waals surface area contributed by atoms with Gasteiger partial charge >= 0.3 is 0 Å². The Hall–Kier alpha value is -1.02. The van der Waals surface area contributed by atoms with Crippen LogP contribution < -0.4 is 10.1 Å². The van der Waals surface area contributed by atoms with Gasteiger partial charge in [-0.05, 0) is 49.4 Å². The minimum absolute atomic E-state index is 0.505. The fraction of sp³-hybridized carbons (Fsp3) is 0.667. The van der Waals surface area contributed by atoms with E-state index in [0.29, 0.717) is 6.04 Å². The molecular weight excluding hydrogens is 246 g/mol. The van der Waals surface area contributed by atoms with Crippen LogP contribution in [0.25, 0.3) is 0 Å². The van der Waals surface area contributed by atoms with Crippen molar-refractivity contribution in [3.05, 3.63) is 29.8 Å². The first-order valence-electron chi connectivity index (χ1n) is 8.28. The third kappa shape index (κ3) is 4.52. The topological polar surface area (TPSA) is 21.3 Å². The lowest BCUT2D eigenvalue weighted by Gasteiger charge is -2.30. The van der Waals surface area contributed by atoms with Crippen molar-refractivity contribution in [3.8, 4) is 5.75 Å². The highest BCUT2D eigenvalue weighted by Gasteiger charge is 2.23. The van der Waals surface area contributed by atoms with Crippen LogP contribution >= 0.6 is 0 Å². The van der Waals surface area contributed by atoms with Crippen molar-refractivity contribution in [1.82, 2.24) is 5.32 Å². The van der Waals surface area contributed by atoms with Crippen LogP contribution in [0, 0.1) is 5.92 Å². The van der Waals surface area contributed by atoms with Crippen molar-refractivity contribution in [3.63, 3.8) is 0 Å². The summed E-state index contributed by atoms with van der Waals surface area (Å²) in [6.45, 7) is 6.20. The lowest BCUT2D eigenvalue weighted by molar-refractivity contribution is 0.187. The first kappa shape index (κ1) is 15.4. The first-order chi connectivity index (χ1) is 9.83. The van der Waals surface area contributed by atoms with E-state index in [9.17, 15) is 0 Å².